The van der Waals surface area contributed by atoms with Gasteiger partial charge in [-0.3, -0.25) is 0 Å². The molecule has 0 radical (unpaired) electrons. The lowest BCUT2D eigenvalue weighted by atomic mass is 10.0. The number of alkyl carbamates (subject to hydrolysis) is 1. The molecule has 0 saturated carbocycles. The predicted octanol–water partition coefficient (Wildman–Crippen LogP) is 9.29. The van der Waals surface area contributed by atoms with Crippen LogP contribution in [0.5, 0.6) is 0 Å². The van der Waals surface area contributed by atoms with Crippen molar-refractivity contribution in [1.29, 1.82) is 0 Å². The first-order valence-electron chi connectivity index (χ1n) is 16.8. The van der Waals surface area contributed by atoms with E-state index in [0.717, 1.165) is 37.7 Å². The Hall–Kier alpha value is -2.08. The largest absolute Gasteiger partial charge is 0.461 e. The molecule has 0 bridgehead atoms. The first-order valence-corrected chi connectivity index (χ1v) is 16.8. The van der Waals surface area contributed by atoms with Gasteiger partial charge < -0.3 is 19.5 Å². The smallest absolute Gasteiger partial charge is 0.408 e. The molecule has 1 heterocycles. The minimum Gasteiger partial charge on any atom is -0.461 e. The summed E-state index contributed by atoms with van der Waals surface area (Å²) in [5, 5.41) is 2.78. The number of hydrogen-bond donors (Lipinski definition) is 1. The van der Waals surface area contributed by atoms with Crippen LogP contribution >= 0.6 is 0 Å². The molecular weight excluding hydrogens is 514 g/mol. The van der Waals surface area contributed by atoms with Crippen LogP contribution in [0.25, 0.3) is 0 Å². The number of carbonyl (C=O) groups excluding carboxylic acids is 2. The van der Waals surface area contributed by atoms with E-state index in [4.69, 9.17) is 14.2 Å². The molecule has 1 fully saturated rings. The molecule has 0 spiro atoms. The molecular formula is C35H59NO5. The molecule has 41 heavy (non-hydrogen) atoms. The summed E-state index contributed by atoms with van der Waals surface area (Å²) in [4.78, 5) is 25.9. The molecule has 1 aliphatic heterocycles. The number of benzene rings is 1. The second-order valence-electron chi connectivity index (χ2n) is 12.4. The molecule has 1 amide bonds. The quantitative estimate of drug-likeness (QED) is 0.0757. The number of nitrogens with one attached hydrogen (secondary N) is 1. The van der Waals surface area contributed by atoms with E-state index in [1.807, 2.05) is 44.2 Å². The summed E-state index contributed by atoms with van der Waals surface area (Å²) < 4.78 is 17.5. The second kappa shape index (κ2) is 21.6. The van der Waals surface area contributed by atoms with Crippen LogP contribution in [0.1, 0.15) is 142 Å². The average Bonchev–Trinajstić information content (AvgIpc) is 3.70. The van der Waals surface area contributed by atoms with Gasteiger partial charge in [0.05, 0.1) is 12.2 Å². The Morgan fingerprint density at radius 1 is 0.829 bits per heavy atom. The van der Waals surface area contributed by atoms with Gasteiger partial charge in [0.15, 0.2) is 0 Å². The summed E-state index contributed by atoms with van der Waals surface area (Å²) in [6.07, 6.45) is 19.2. The molecule has 2 rings (SSSR count). The Balaban J connectivity index is 1.86. The number of epoxide rings is 1. The molecule has 1 N–H and O–H groups in total. The van der Waals surface area contributed by atoms with Gasteiger partial charge in [-0.2, -0.15) is 0 Å². The Bertz CT molecular complexity index is 814. The third-order valence-electron chi connectivity index (χ3n) is 7.93. The van der Waals surface area contributed by atoms with Gasteiger partial charge in [0.2, 0.25) is 0 Å². The van der Waals surface area contributed by atoms with Crippen molar-refractivity contribution in [2.45, 2.75) is 168 Å². The van der Waals surface area contributed by atoms with Crippen molar-refractivity contribution in [3.63, 3.8) is 0 Å². The molecule has 0 unspecified atom stereocenters. The van der Waals surface area contributed by atoms with E-state index in [0.29, 0.717) is 12.5 Å². The number of rotatable bonds is 24. The van der Waals surface area contributed by atoms with Gasteiger partial charge in [0, 0.05) is 6.42 Å². The van der Waals surface area contributed by atoms with Gasteiger partial charge >= 0.3 is 12.1 Å². The lowest BCUT2D eigenvalue weighted by molar-refractivity contribution is -0.153. The first kappa shape index (κ1) is 35.1. The molecule has 1 saturated heterocycles. The van der Waals surface area contributed by atoms with E-state index in [1.165, 1.54) is 70.6 Å². The van der Waals surface area contributed by atoms with Crippen LogP contribution in [0.15, 0.2) is 30.3 Å². The van der Waals surface area contributed by atoms with Gasteiger partial charge in [-0.15, -0.1) is 0 Å². The van der Waals surface area contributed by atoms with Crippen molar-refractivity contribution in [2.24, 2.45) is 5.92 Å². The molecule has 1 aromatic rings. The normalized spacial score (nSPS) is 17.7. The van der Waals surface area contributed by atoms with Gasteiger partial charge in [-0.05, 0) is 37.2 Å². The molecule has 1 aliphatic rings. The number of ether oxygens (including phenoxy) is 3. The molecule has 0 aromatic heterocycles. The van der Waals surface area contributed by atoms with Crippen LogP contribution in [-0.2, 0) is 25.6 Å². The predicted molar refractivity (Wildman–Crippen MR) is 167 cm³/mol. The number of esters is 1. The summed E-state index contributed by atoms with van der Waals surface area (Å²) in [5.74, 6) is -0.145. The van der Waals surface area contributed by atoms with Crippen molar-refractivity contribution in [2.75, 3.05) is 0 Å². The number of unbranched alkanes of at least 4 members (excludes halogenated alkanes) is 11. The fourth-order valence-electron chi connectivity index (χ4n) is 5.42. The van der Waals surface area contributed by atoms with Crippen molar-refractivity contribution in [3.05, 3.63) is 35.9 Å². The molecule has 234 valence electrons. The molecule has 0 aliphatic carbocycles. The fraction of sp³-hybridized carbons (Fsp3) is 0.771. The van der Waals surface area contributed by atoms with Gasteiger partial charge in [0.1, 0.15) is 18.8 Å². The lowest BCUT2D eigenvalue weighted by Crippen LogP contribution is -2.44. The summed E-state index contributed by atoms with van der Waals surface area (Å²) in [6.45, 7) is 8.72. The van der Waals surface area contributed by atoms with E-state index >= 15 is 0 Å². The molecule has 6 nitrogen and oxygen atoms in total. The van der Waals surface area contributed by atoms with E-state index in [1.54, 1.807) is 0 Å². The fourth-order valence-corrected chi connectivity index (χ4v) is 5.42. The highest BCUT2D eigenvalue weighted by Gasteiger charge is 2.40. The van der Waals surface area contributed by atoms with Gasteiger partial charge in [-0.1, -0.05) is 135 Å². The molecule has 4 atom stereocenters. The maximum absolute atomic E-state index is 13.4. The summed E-state index contributed by atoms with van der Waals surface area (Å²) in [5.41, 5.74) is 0.903. The van der Waals surface area contributed by atoms with Crippen LogP contribution in [0.3, 0.4) is 0 Å². The summed E-state index contributed by atoms with van der Waals surface area (Å²) in [6, 6.07) is 8.81. The average molecular weight is 574 g/mol. The zero-order valence-electron chi connectivity index (χ0n) is 26.5. The zero-order chi connectivity index (χ0) is 29.7. The number of amides is 1. The molecule has 1 aromatic carbocycles. The maximum Gasteiger partial charge on any atom is 0.408 e. The van der Waals surface area contributed by atoms with Gasteiger partial charge in [-0.25, -0.2) is 9.59 Å². The highest BCUT2D eigenvalue weighted by molar-refractivity contribution is 5.81. The second-order valence-corrected chi connectivity index (χ2v) is 12.4. The van der Waals surface area contributed by atoms with Crippen LogP contribution < -0.4 is 5.32 Å². The van der Waals surface area contributed by atoms with E-state index in [-0.39, 0.29) is 30.7 Å². The third-order valence-corrected chi connectivity index (χ3v) is 7.93. The van der Waals surface area contributed by atoms with E-state index < -0.39 is 12.1 Å². The monoisotopic (exact) mass is 573 g/mol. The Morgan fingerprint density at radius 3 is 2.07 bits per heavy atom. The summed E-state index contributed by atoms with van der Waals surface area (Å²) >= 11 is 0. The van der Waals surface area contributed by atoms with E-state index in [9.17, 15) is 9.59 Å². The van der Waals surface area contributed by atoms with Gasteiger partial charge in [0.25, 0.3) is 0 Å². The van der Waals surface area contributed by atoms with E-state index in [2.05, 4.69) is 19.2 Å². The number of hydrogen-bond acceptors (Lipinski definition) is 5. The Morgan fingerprint density at radius 2 is 1.44 bits per heavy atom. The zero-order valence-corrected chi connectivity index (χ0v) is 26.5. The van der Waals surface area contributed by atoms with Crippen LogP contribution in [0, 0.1) is 5.92 Å². The Kier molecular flexibility index (Phi) is 18.5. The lowest BCUT2D eigenvalue weighted by Gasteiger charge is -2.23. The third kappa shape index (κ3) is 16.8. The SMILES string of the molecule is CCCCCCCCCCC[C@@H](C[C@@H]1O[C@@H]1CCCCCC)OC(=O)[C@H](CC(C)C)NC(=O)OCc1ccccc1. The van der Waals surface area contributed by atoms with Crippen LogP contribution in [0.2, 0.25) is 0 Å². The van der Waals surface area contributed by atoms with Crippen molar-refractivity contribution < 1.29 is 23.8 Å². The minimum absolute atomic E-state index is 0.163. The summed E-state index contributed by atoms with van der Waals surface area (Å²) in [7, 11) is 0. The first-order chi connectivity index (χ1) is 19.9. The standard InChI is InChI=1S/C35H59NO5/c1-5-7-9-11-12-13-14-15-19-23-30(26-33-32(41-33)24-20-10-8-6-2)40-34(37)31(25-28(3)4)36-35(38)39-27-29-21-17-16-18-22-29/h16-18,21-22,28,30-33H,5-15,19-20,23-27H2,1-4H3,(H,36,38)/t30-,31-,32+,33-/m0/s1. The highest BCUT2D eigenvalue weighted by Crippen LogP contribution is 2.33. The van der Waals surface area contributed by atoms with Crippen LogP contribution in [0.4, 0.5) is 4.79 Å². The Labute approximate surface area is 250 Å². The topological polar surface area (TPSA) is 77.2 Å². The van der Waals surface area contributed by atoms with Crippen molar-refractivity contribution in [3.8, 4) is 0 Å². The number of carbonyl (C=O) groups is 2. The van der Waals surface area contributed by atoms with Crippen molar-refractivity contribution in [1.82, 2.24) is 5.32 Å². The highest BCUT2D eigenvalue weighted by atomic mass is 16.6. The van der Waals surface area contributed by atoms with Crippen LogP contribution in [-0.4, -0.2) is 36.4 Å². The maximum atomic E-state index is 13.4. The minimum atomic E-state index is -0.728. The van der Waals surface area contributed by atoms with Crippen molar-refractivity contribution >= 4 is 12.1 Å². The molecule has 6 heteroatoms.